The van der Waals surface area contributed by atoms with Gasteiger partial charge in [0.1, 0.15) is 0 Å². The number of halogens is 2. The Morgan fingerprint density at radius 1 is 1.33 bits per heavy atom. The summed E-state index contributed by atoms with van der Waals surface area (Å²) in [6, 6.07) is 6.80. The molecule has 2 rings (SSSR count). The molecule has 1 aliphatic rings. The van der Waals surface area contributed by atoms with Crippen molar-refractivity contribution in [2.45, 2.75) is 12.5 Å². The molecule has 0 radical (unpaired) electrons. The van der Waals surface area contributed by atoms with Crippen molar-refractivity contribution in [1.29, 1.82) is 0 Å². The molecule has 1 aromatic carbocycles. The highest BCUT2D eigenvalue weighted by molar-refractivity contribution is 9.11. The molecule has 0 saturated carbocycles. The maximum Gasteiger partial charge on any atom is 0.0395 e. The number of hydrogen-bond donors (Lipinski definition) is 1. The lowest BCUT2D eigenvalue weighted by molar-refractivity contribution is 0.174. The topological polar surface area (TPSA) is 15.3 Å². The molecular weight excluding hydrogens is 356 g/mol. The monoisotopic (exact) mass is 372 g/mol. The van der Waals surface area contributed by atoms with E-state index in [2.05, 4.69) is 66.9 Å². The minimum atomic E-state index is 0.413. The summed E-state index contributed by atoms with van der Waals surface area (Å²) in [4.78, 5) is 2.53. The highest BCUT2D eigenvalue weighted by atomic mass is 79.9. The Morgan fingerprint density at radius 2 is 2.06 bits per heavy atom. The highest BCUT2D eigenvalue weighted by Crippen LogP contribution is 2.33. The van der Waals surface area contributed by atoms with Gasteiger partial charge in [-0.05, 0) is 30.2 Å². The first-order valence-corrected chi connectivity index (χ1v) is 7.81. The zero-order chi connectivity index (χ0) is 13.0. The van der Waals surface area contributed by atoms with Crippen LogP contribution in [0.5, 0.6) is 0 Å². The summed E-state index contributed by atoms with van der Waals surface area (Å²) in [5, 5.41) is 3.40. The smallest absolute Gasteiger partial charge is 0.0395 e. The number of nitrogens with one attached hydrogen (secondary N) is 1. The van der Waals surface area contributed by atoms with E-state index in [1.807, 2.05) is 6.08 Å². The zero-order valence-electron chi connectivity index (χ0n) is 10.3. The first-order valence-electron chi connectivity index (χ1n) is 6.23. The van der Waals surface area contributed by atoms with Gasteiger partial charge in [-0.2, -0.15) is 0 Å². The fraction of sp³-hybridized carbons (Fsp3) is 0.429. The molecule has 18 heavy (non-hydrogen) atoms. The van der Waals surface area contributed by atoms with Gasteiger partial charge in [-0.15, -0.1) is 6.58 Å². The van der Waals surface area contributed by atoms with Gasteiger partial charge in [0.05, 0.1) is 0 Å². The van der Waals surface area contributed by atoms with E-state index < -0.39 is 0 Å². The van der Waals surface area contributed by atoms with Crippen molar-refractivity contribution in [2.24, 2.45) is 0 Å². The summed E-state index contributed by atoms with van der Waals surface area (Å²) < 4.78 is 2.31. The van der Waals surface area contributed by atoms with E-state index >= 15 is 0 Å². The number of nitrogens with zero attached hydrogens (tertiary/aromatic N) is 1. The van der Waals surface area contributed by atoms with Gasteiger partial charge in [-0.25, -0.2) is 0 Å². The molecule has 2 nitrogen and oxygen atoms in total. The fourth-order valence-electron chi connectivity index (χ4n) is 2.39. The number of piperazine rings is 1. The van der Waals surface area contributed by atoms with E-state index in [0.29, 0.717) is 6.04 Å². The summed E-state index contributed by atoms with van der Waals surface area (Å²) in [5.41, 5.74) is 1.34. The Balaban J connectivity index is 2.27. The summed E-state index contributed by atoms with van der Waals surface area (Å²) >= 11 is 7.23. The van der Waals surface area contributed by atoms with Crippen LogP contribution in [0.4, 0.5) is 0 Å². The molecule has 1 saturated heterocycles. The van der Waals surface area contributed by atoms with Crippen LogP contribution in [-0.4, -0.2) is 31.1 Å². The number of rotatable bonds is 4. The van der Waals surface area contributed by atoms with Crippen LogP contribution < -0.4 is 5.32 Å². The molecule has 1 aliphatic heterocycles. The van der Waals surface area contributed by atoms with Crippen molar-refractivity contribution in [3.63, 3.8) is 0 Å². The second-order valence-electron chi connectivity index (χ2n) is 4.49. The van der Waals surface area contributed by atoms with Gasteiger partial charge in [0.15, 0.2) is 0 Å². The van der Waals surface area contributed by atoms with Crippen LogP contribution in [0.15, 0.2) is 39.8 Å². The predicted octanol–water partition coefficient (Wildman–Crippen LogP) is 3.73. The van der Waals surface area contributed by atoms with Crippen LogP contribution in [0.25, 0.3) is 0 Å². The van der Waals surface area contributed by atoms with Crippen LogP contribution >= 0.6 is 31.9 Å². The van der Waals surface area contributed by atoms with Crippen molar-refractivity contribution >= 4 is 31.9 Å². The molecule has 1 heterocycles. The quantitative estimate of drug-likeness (QED) is 0.809. The Morgan fingerprint density at radius 3 is 2.72 bits per heavy atom. The van der Waals surface area contributed by atoms with Crippen LogP contribution in [0.3, 0.4) is 0 Å². The molecule has 0 unspecified atom stereocenters. The molecule has 98 valence electrons. The molecule has 0 aliphatic carbocycles. The minimum absolute atomic E-state index is 0.413. The molecule has 0 spiro atoms. The largest absolute Gasteiger partial charge is 0.314 e. The van der Waals surface area contributed by atoms with Gasteiger partial charge in [-0.1, -0.05) is 37.9 Å². The van der Waals surface area contributed by atoms with E-state index in [0.717, 1.165) is 37.1 Å². The van der Waals surface area contributed by atoms with Gasteiger partial charge >= 0.3 is 0 Å². The Bertz CT molecular complexity index is 414. The maximum absolute atomic E-state index is 3.90. The molecular formula is C14H18Br2N2. The molecule has 1 aromatic rings. The third-order valence-electron chi connectivity index (χ3n) is 3.30. The maximum atomic E-state index is 3.90. The van der Waals surface area contributed by atoms with Gasteiger partial charge in [0, 0.05) is 41.2 Å². The van der Waals surface area contributed by atoms with Crippen molar-refractivity contribution in [2.75, 3.05) is 26.2 Å². The first kappa shape index (κ1) is 14.3. The lowest BCUT2D eigenvalue weighted by atomic mass is 10.0. The van der Waals surface area contributed by atoms with E-state index in [9.17, 15) is 0 Å². The van der Waals surface area contributed by atoms with Crippen LogP contribution in [0.2, 0.25) is 0 Å². The molecule has 0 amide bonds. The fourth-order valence-corrected chi connectivity index (χ4v) is 3.28. The van der Waals surface area contributed by atoms with E-state index in [1.54, 1.807) is 0 Å². The molecule has 4 heteroatoms. The third kappa shape index (κ3) is 3.44. The van der Waals surface area contributed by atoms with Crippen molar-refractivity contribution in [1.82, 2.24) is 10.2 Å². The summed E-state index contributed by atoms with van der Waals surface area (Å²) in [5.74, 6) is 0. The summed E-state index contributed by atoms with van der Waals surface area (Å²) in [6.07, 6.45) is 3.00. The zero-order valence-corrected chi connectivity index (χ0v) is 13.5. The lowest BCUT2D eigenvalue weighted by Gasteiger charge is -2.35. The standard InChI is InChI=1S/C14H18Br2N2/c1-2-3-14(18-8-6-17-7-9-18)12-10-11(15)4-5-13(12)16/h2,4-5,10,14,17H,1,3,6-9H2/t14-/m0/s1. The minimum Gasteiger partial charge on any atom is -0.314 e. The van der Waals surface area contributed by atoms with Crippen molar-refractivity contribution in [3.05, 3.63) is 45.4 Å². The molecule has 1 fully saturated rings. The first-order chi connectivity index (χ1) is 8.72. The molecule has 1 N–H and O–H groups in total. The normalized spacial score (nSPS) is 18.6. The highest BCUT2D eigenvalue weighted by Gasteiger charge is 2.22. The van der Waals surface area contributed by atoms with Crippen LogP contribution in [0, 0.1) is 0 Å². The van der Waals surface area contributed by atoms with Gasteiger partial charge in [0.25, 0.3) is 0 Å². The van der Waals surface area contributed by atoms with Crippen molar-refractivity contribution < 1.29 is 0 Å². The Hall–Kier alpha value is -0.160. The third-order valence-corrected chi connectivity index (χ3v) is 4.51. The second-order valence-corrected chi connectivity index (χ2v) is 6.26. The lowest BCUT2D eigenvalue weighted by Crippen LogP contribution is -2.45. The average Bonchev–Trinajstić information content (AvgIpc) is 2.40. The van der Waals surface area contributed by atoms with Gasteiger partial charge in [-0.3, -0.25) is 4.90 Å². The van der Waals surface area contributed by atoms with Crippen LogP contribution in [-0.2, 0) is 0 Å². The summed E-state index contributed by atoms with van der Waals surface area (Å²) in [6.45, 7) is 8.23. The molecule has 0 aromatic heterocycles. The predicted molar refractivity (Wildman–Crippen MR) is 83.8 cm³/mol. The Labute approximate surface area is 126 Å². The number of hydrogen-bond acceptors (Lipinski definition) is 2. The summed E-state index contributed by atoms with van der Waals surface area (Å²) in [7, 11) is 0. The van der Waals surface area contributed by atoms with E-state index in [-0.39, 0.29) is 0 Å². The second kappa shape index (κ2) is 6.85. The molecule has 0 bridgehead atoms. The van der Waals surface area contributed by atoms with E-state index in [4.69, 9.17) is 0 Å². The number of benzene rings is 1. The average molecular weight is 374 g/mol. The van der Waals surface area contributed by atoms with E-state index in [1.165, 1.54) is 10.0 Å². The van der Waals surface area contributed by atoms with Crippen molar-refractivity contribution in [3.8, 4) is 0 Å². The molecule has 1 atom stereocenters. The van der Waals surface area contributed by atoms with Gasteiger partial charge in [0.2, 0.25) is 0 Å². The van der Waals surface area contributed by atoms with Gasteiger partial charge < -0.3 is 5.32 Å². The van der Waals surface area contributed by atoms with Crippen LogP contribution in [0.1, 0.15) is 18.0 Å². The Kier molecular flexibility index (Phi) is 5.42. The SMILES string of the molecule is C=CC[C@@H](c1cc(Br)ccc1Br)N1CCNCC1.